The molecule has 3 rings (SSSR count). The molecule has 0 atom stereocenters. The Labute approximate surface area is 142 Å². The summed E-state index contributed by atoms with van der Waals surface area (Å²) in [5.74, 6) is 0.486. The van der Waals surface area contributed by atoms with Crippen LogP contribution < -0.4 is 10.1 Å². The number of carbonyl (C=O) groups excluding carboxylic acids is 1. The lowest BCUT2D eigenvalue weighted by molar-refractivity contribution is -0.120. The van der Waals surface area contributed by atoms with Gasteiger partial charge in [0.1, 0.15) is 5.01 Å². The van der Waals surface area contributed by atoms with Crippen LogP contribution in [0.5, 0.6) is 5.88 Å². The number of amides is 1. The fraction of sp³-hybridized carbons (Fsp3) is 0.188. The van der Waals surface area contributed by atoms with E-state index in [0.29, 0.717) is 12.4 Å². The van der Waals surface area contributed by atoms with Gasteiger partial charge in [-0.1, -0.05) is 0 Å². The van der Waals surface area contributed by atoms with E-state index in [-0.39, 0.29) is 12.3 Å². The van der Waals surface area contributed by atoms with Crippen LogP contribution in [0.4, 0.5) is 0 Å². The van der Waals surface area contributed by atoms with E-state index >= 15 is 0 Å². The molecule has 0 saturated heterocycles. The monoisotopic (exact) mass is 345 g/mol. The maximum Gasteiger partial charge on any atom is 0.226 e. The summed E-state index contributed by atoms with van der Waals surface area (Å²) >= 11 is 3.20. The van der Waals surface area contributed by atoms with Gasteiger partial charge in [0.15, 0.2) is 0 Å². The number of thiazole rings is 1. The predicted octanol–water partition coefficient (Wildman–Crippen LogP) is 3.13. The number of rotatable bonds is 6. The molecule has 1 N–H and O–H groups in total. The molecule has 23 heavy (non-hydrogen) atoms. The van der Waals surface area contributed by atoms with Crippen molar-refractivity contribution in [1.29, 1.82) is 0 Å². The number of hydrogen-bond donors (Lipinski definition) is 1. The smallest absolute Gasteiger partial charge is 0.226 e. The van der Waals surface area contributed by atoms with E-state index in [9.17, 15) is 4.79 Å². The van der Waals surface area contributed by atoms with Gasteiger partial charge < -0.3 is 10.1 Å². The van der Waals surface area contributed by atoms with Crippen LogP contribution in [0, 0.1) is 0 Å². The third kappa shape index (κ3) is 4.14. The van der Waals surface area contributed by atoms with Crippen LogP contribution >= 0.6 is 22.7 Å². The highest BCUT2D eigenvalue weighted by Crippen LogP contribution is 2.25. The lowest BCUT2D eigenvalue weighted by Gasteiger charge is -2.05. The molecule has 0 saturated carbocycles. The Morgan fingerprint density at radius 2 is 2.26 bits per heavy atom. The van der Waals surface area contributed by atoms with E-state index in [2.05, 4.69) is 20.7 Å². The van der Waals surface area contributed by atoms with E-state index in [1.54, 1.807) is 42.0 Å². The van der Waals surface area contributed by atoms with Crippen LogP contribution in [0.1, 0.15) is 11.3 Å². The molecular formula is C16H15N3O2S2. The molecular weight excluding hydrogens is 330 g/mol. The summed E-state index contributed by atoms with van der Waals surface area (Å²) in [6.07, 6.45) is 1.94. The molecule has 0 aliphatic heterocycles. The van der Waals surface area contributed by atoms with Crippen molar-refractivity contribution in [2.75, 3.05) is 7.11 Å². The van der Waals surface area contributed by atoms with Crippen molar-refractivity contribution in [2.45, 2.75) is 13.0 Å². The largest absolute Gasteiger partial charge is 0.481 e. The van der Waals surface area contributed by atoms with Gasteiger partial charge >= 0.3 is 0 Å². The molecule has 0 bridgehead atoms. The maximum absolute atomic E-state index is 12.0. The van der Waals surface area contributed by atoms with Crippen molar-refractivity contribution >= 4 is 28.6 Å². The molecule has 0 aliphatic rings. The van der Waals surface area contributed by atoms with E-state index in [1.807, 2.05) is 22.9 Å². The first-order chi connectivity index (χ1) is 11.2. The summed E-state index contributed by atoms with van der Waals surface area (Å²) in [6.45, 7) is 0.444. The molecule has 0 aliphatic carbocycles. The zero-order chi connectivity index (χ0) is 16.1. The summed E-state index contributed by atoms with van der Waals surface area (Å²) in [5, 5.41) is 9.85. The molecule has 3 aromatic rings. The highest BCUT2D eigenvalue weighted by molar-refractivity contribution is 7.14. The molecule has 5 nitrogen and oxygen atoms in total. The minimum atomic E-state index is -0.0528. The van der Waals surface area contributed by atoms with Crippen LogP contribution in [0.15, 0.2) is 40.5 Å². The lowest BCUT2D eigenvalue weighted by Crippen LogP contribution is -2.24. The van der Waals surface area contributed by atoms with Crippen molar-refractivity contribution in [3.8, 4) is 16.5 Å². The Hall–Kier alpha value is -2.25. The number of hydrogen-bond acceptors (Lipinski definition) is 6. The number of nitrogens with zero attached hydrogens (tertiary/aromatic N) is 2. The van der Waals surface area contributed by atoms with E-state index in [0.717, 1.165) is 21.8 Å². The fourth-order valence-electron chi connectivity index (χ4n) is 2.01. The summed E-state index contributed by atoms with van der Waals surface area (Å²) in [4.78, 5) is 20.6. The normalized spacial score (nSPS) is 10.5. The van der Waals surface area contributed by atoms with Gasteiger partial charge in [0.25, 0.3) is 0 Å². The van der Waals surface area contributed by atoms with Gasteiger partial charge in [-0.25, -0.2) is 9.97 Å². The summed E-state index contributed by atoms with van der Waals surface area (Å²) in [6, 6.07) is 5.68. The third-order valence-electron chi connectivity index (χ3n) is 3.16. The van der Waals surface area contributed by atoms with Crippen molar-refractivity contribution in [3.05, 3.63) is 51.8 Å². The van der Waals surface area contributed by atoms with Gasteiger partial charge in [-0.05, 0) is 23.1 Å². The number of nitrogens with one attached hydrogen (secondary N) is 1. The maximum atomic E-state index is 12.0. The second kappa shape index (κ2) is 7.34. The minimum Gasteiger partial charge on any atom is -0.481 e. The molecule has 0 radical (unpaired) electrons. The molecule has 7 heteroatoms. The van der Waals surface area contributed by atoms with Crippen molar-refractivity contribution < 1.29 is 9.53 Å². The number of ether oxygens (including phenoxy) is 1. The summed E-state index contributed by atoms with van der Waals surface area (Å²) in [7, 11) is 1.57. The van der Waals surface area contributed by atoms with Crippen molar-refractivity contribution in [1.82, 2.24) is 15.3 Å². The van der Waals surface area contributed by atoms with Crippen LogP contribution in [-0.2, 0) is 17.8 Å². The number of carbonyl (C=O) groups is 1. The van der Waals surface area contributed by atoms with Gasteiger partial charge in [0.05, 0.1) is 19.2 Å². The standard InChI is InChI=1S/C16H15N3O2S2/c1-21-15-6-11(2-4-17-15)8-18-14(20)7-13-10-23-16(19-13)12-3-5-22-9-12/h2-6,9-10H,7-8H2,1H3,(H,18,20). The van der Waals surface area contributed by atoms with Crippen LogP contribution in [0.2, 0.25) is 0 Å². The Bertz CT molecular complexity index is 784. The quantitative estimate of drug-likeness (QED) is 0.745. The molecule has 0 fully saturated rings. The van der Waals surface area contributed by atoms with Crippen LogP contribution in [0.25, 0.3) is 10.6 Å². The molecule has 1 amide bonds. The van der Waals surface area contributed by atoms with Gasteiger partial charge in [-0.2, -0.15) is 11.3 Å². The lowest BCUT2D eigenvalue weighted by atomic mass is 10.2. The Kier molecular flexibility index (Phi) is 4.99. The van der Waals surface area contributed by atoms with Crippen molar-refractivity contribution in [3.63, 3.8) is 0 Å². The zero-order valence-electron chi connectivity index (χ0n) is 12.5. The first-order valence-electron chi connectivity index (χ1n) is 6.97. The van der Waals surface area contributed by atoms with E-state index in [1.165, 1.54) is 0 Å². The van der Waals surface area contributed by atoms with Crippen LogP contribution in [0.3, 0.4) is 0 Å². The summed E-state index contributed by atoms with van der Waals surface area (Å²) in [5.41, 5.74) is 2.85. The van der Waals surface area contributed by atoms with E-state index in [4.69, 9.17) is 4.74 Å². The minimum absolute atomic E-state index is 0.0528. The van der Waals surface area contributed by atoms with Gasteiger partial charge in [-0.3, -0.25) is 4.79 Å². The topological polar surface area (TPSA) is 64.1 Å². The van der Waals surface area contributed by atoms with Gasteiger partial charge in [-0.15, -0.1) is 11.3 Å². The number of aromatic nitrogens is 2. The molecule has 0 aromatic carbocycles. The Balaban J connectivity index is 1.55. The average molecular weight is 345 g/mol. The molecule has 118 valence electrons. The zero-order valence-corrected chi connectivity index (χ0v) is 14.1. The van der Waals surface area contributed by atoms with Gasteiger partial charge in [0.2, 0.25) is 11.8 Å². The van der Waals surface area contributed by atoms with E-state index < -0.39 is 0 Å². The SMILES string of the molecule is COc1cc(CNC(=O)Cc2csc(-c3ccsc3)n2)ccn1. The Morgan fingerprint density at radius 3 is 3.04 bits per heavy atom. The average Bonchev–Trinajstić information content (AvgIpc) is 3.24. The third-order valence-corrected chi connectivity index (χ3v) is 4.78. The van der Waals surface area contributed by atoms with Gasteiger partial charge in [0, 0.05) is 35.1 Å². The number of methoxy groups -OCH3 is 1. The van der Waals surface area contributed by atoms with Crippen molar-refractivity contribution in [2.24, 2.45) is 0 Å². The first-order valence-corrected chi connectivity index (χ1v) is 8.79. The first kappa shape index (κ1) is 15.6. The highest BCUT2D eigenvalue weighted by Gasteiger charge is 2.09. The van der Waals surface area contributed by atoms with Crippen LogP contribution in [-0.4, -0.2) is 23.0 Å². The molecule has 0 unspecified atom stereocenters. The number of thiophene rings is 1. The second-order valence-corrected chi connectivity index (χ2v) is 6.45. The summed E-state index contributed by atoms with van der Waals surface area (Å²) < 4.78 is 5.06. The predicted molar refractivity (Wildman–Crippen MR) is 91.8 cm³/mol. The highest BCUT2D eigenvalue weighted by atomic mass is 32.1. The molecule has 3 aromatic heterocycles. The molecule has 3 heterocycles. The Morgan fingerprint density at radius 1 is 1.35 bits per heavy atom. The second-order valence-electron chi connectivity index (χ2n) is 4.82. The number of pyridine rings is 1. The fourth-order valence-corrected chi connectivity index (χ4v) is 3.54. The molecule has 0 spiro atoms.